The third kappa shape index (κ3) is 11.2. The number of aliphatic hydroxyl groups excluding tert-OH is 1. The fourth-order valence-electron chi connectivity index (χ4n) is 12.5. The molecule has 0 spiro atoms. The second-order valence-corrected chi connectivity index (χ2v) is 23.6. The van der Waals surface area contributed by atoms with Gasteiger partial charge in [0.15, 0.2) is 0 Å². The van der Waals surface area contributed by atoms with E-state index in [1.54, 1.807) is 6.92 Å². The van der Waals surface area contributed by atoms with Crippen molar-refractivity contribution in [2.75, 3.05) is 0 Å². The summed E-state index contributed by atoms with van der Waals surface area (Å²) in [6.45, 7) is 40.5. The van der Waals surface area contributed by atoms with E-state index in [0.717, 1.165) is 37.4 Å². The standard InChI is InChI=1S/C14H25BO2.C13H23BO3.C10H18O2.C9H21BO3.B.FH/c1-9(2)8-15-16-12-7-10-6-11(13(10,3)4)14(12,5)17-15;1-8(2)15-14-16-11-7-9-6-10(12(9,3)4)13(11,5)17-14;1-9(2)6-4-7(9)10(3,12)8(11)5-6;1-7(2)11-10(12-8(3)4)13-9(5)6;;/h9-12H,6-8H2,1-5H3;8-11H,6-7H2,1-5H3;6-8,11-12H,4-5H2,1-3H3;7-9H,1-6H3;;1H/t10-,11-,12+,14-;9-,10-,11+,13-;6-,7-,8+,10-;;;/m000.../s1. The van der Waals surface area contributed by atoms with E-state index in [-0.39, 0.29) is 67.4 Å². The van der Waals surface area contributed by atoms with Gasteiger partial charge >= 0.3 is 21.8 Å². The highest BCUT2D eigenvalue weighted by molar-refractivity contribution is 6.45. The first-order valence-electron chi connectivity index (χ1n) is 23.6. The molecular weight excluding hydrogens is 775 g/mol. The molecule has 11 rings (SSSR count). The number of aliphatic hydroxyl groups is 2. The van der Waals surface area contributed by atoms with Crippen molar-refractivity contribution in [3.05, 3.63) is 0 Å². The molecule has 0 amide bonds. The van der Waals surface area contributed by atoms with E-state index < -0.39 is 26.3 Å². The van der Waals surface area contributed by atoms with Gasteiger partial charge in [-0.15, -0.1) is 0 Å². The van der Waals surface area contributed by atoms with Crippen LogP contribution in [0.4, 0.5) is 4.70 Å². The van der Waals surface area contributed by atoms with Crippen molar-refractivity contribution in [2.24, 2.45) is 57.7 Å². The van der Waals surface area contributed by atoms with Crippen molar-refractivity contribution in [1.82, 2.24) is 0 Å². The van der Waals surface area contributed by atoms with E-state index in [1.165, 1.54) is 19.3 Å². The lowest BCUT2D eigenvalue weighted by atomic mass is 9.43. The van der Waals surface area contributed by atoms with Crippen LogP contribution in [0.5, 0.6) is 0 Å². The fraction of sp³-hybridized carbons (Fsp3) is 1.00. The topological polar surface area (TPSA) is 114 Å². The van der Waals surface area contributed by atoms with Crippen LogP contribution in [0.25, 0.3) is 0 Å². The Bertz CT molecular complexity index is 1310. The van der Waals surface area contributed by atoms with Crippen LogP contribution in [-0.4, -0.2) is 99.9 Å². The molecule has 2 heterocycles. The number of rotatable bonds is 10. The number of hydrogen-bond donors (Lipinski definition) is 2. The van der Waals surface area contributed by atoms with Gasteiger partial charge in [0, 0.05) is 32.8 Å². The summed E-state index contributed by atoms with van der Waals surface area (Å²) in [5, 5.41) is 19.7. The Morgan fingerprint density at radius 2 is 0.967 bits per heavy atom. The summed E-state index contributed by atoms with van der Waals surface area (Å²) < 4.78 is 46.5. The third-order valence-corrected chi connectivity index (χ3v) is 16.5. The van der Waals surface area contributed by atoms with Gasteiger partial charge < -0.3 is 47.4 Å². The van der Waals surface area contributed by atoms with E-state index in [9.17, 15) is 10.2 Å². The lowest BCUT2D eigenvalue weighted by molar-refractivity contribution is -0.245. The molecule has 3 radical (unpaired) electrons. The predicted molar refractivity (Wildman–Crippen MR) is 245 cm³/mol. The molecule has 11 aliphatic rings. The van der Waals surface area contributed by atoms with Gasteiger partial charge in [-0.2, -0.15) is 0 Å². The molecule has 0 aromatic heterocycles. The molecule has 9 saturated carbocycles. The molecule has 10 nitrogen and oxygen atoms in total. The Labute approximate surface area is 374 Å². The lowest BCUT2D eigenvalue weighted by Crippen LogP contribution is -2.66. The first-order valence-corrected chi connectivity index (χ1v) is 23.6. The molecule has 12 atom stereocenters. The number of fused-ring (bicyclic) bond motifs is 2. The number of halogens is 1. The molecule has 6 bridgehead atoms. The molecular formula is C46H88B4FO10. The molecule has 2 N–H and O–H groups in total. The van der Waals surface area contributed by atoms with Crippen molar-refractivity contribution in [1.29, 1.82) is 0 Å². The summed E-state index contributed by atoms with van der Waals surface area (Å²) in [5.41, 5.74) is 0.0965. The van der Waals surface area contributed by atoms with Crippen LogP contribution in [0.1, 0.15) is 170 Å². The Morgan fingerprint density at radius 1 is 0.574 bits per heavy atom. The first kappa shape index (κ1) is 55.1. The monoisotopic (exact) mass is 864 g/mol. The summed E-state index contributed by atoms with van der Waals surface area (Å²) in [6.07, 6.45) is 8.42. The Hall–Kier alpha value is -0.210. The average Bonchev–Trinajstić information content (AvgIpc) is 3.58. The summed E-state index contributed by atoms with van der Waals surface area (Å²) in [6, 6.07) is 0. The Balaban J connectivity index is 0.000000217. The molecule has 0 aromatic carbocycles. The zero-order valence-corrected chi connectivity index (χ0v) is 41.9. The van der Waals surface area contributed by atoms with Crippen molar-refractivity contribution in [3.63, 3.8) is 0 Å². The molecule has 9 aliphatic carbocycles. The van der Waals surface area contributed by atoms with Gasteiger partial charge in [-0.05, 0) is 179 Å². The second kappa shape index (κ2) is 19.9. The second-order valence-electron chi connectivity index (χ2n) is 23.6. The van der Waals surface area contributed by atoms with Gasteiger partial charge in [0.25, 0.3) is 0 Å². The van der Waals surface area contributed by atoms with Crippen LogP contribution in [-0.2, 0) is 37.2 Å². The van der Waals surface area contributed by atoms with E-state index in [0.29, 0.717) is 46.5 Å². The van der Waals surface area contributed by atoms with Crippen molar-refractivity contribution in [2.45, 2.75) is 236 Å². The largest absolute Gasteiger partial charge is 0.640 e. The quantitative estimate of drug-likeness (QED) is 0.206. The van der Waals surface area contributed by atoms with Crippen molar-refractivity contribution < 1.29 is 52.2 Å². The highest BCUT2D eigenvalue weighted by atomic mass is 19.0. The van der Waals surface area contributed by atoms with Gasteiger partial charge in [-0.25, -0.2) is 0 Å². The average molecular weight is 863 g/mol. The molecule has 351 valence electrons. The molecule has 0 unspecified atom stereocenters. The van der Waals surface area contributed by atoms with Crippen LogP contribution < -0.4 is 0 Å². The maximum absolute atomic E-state index is 10.0. The summed E-state index contributed by atoms with van der Waals surface area (Å²) in [5.74, 6) is 4.51. The first-order chi connectivity index (χ1) is 27.0. The van der Waals surface area contributed by atoms with Gasteiger partial charge in [0.2, 0.25) is 0 Å². The highest BCUT2D eigenvalue weighted by Gasteiger charge is 2.69. The maximum atomic E-state index is 10.0. The van der Waals surface area contributed by atoms with E-state index in [4.69, 9.17) is 37.2 Å². The molecule has 15 heteroatoms. The molecule has 0 aromatic rings. The Morgan fingerprint density at radius 3 is 1.33 bits per heavy atom. The minimum absolute atomic E-state index is 0. The SMILES string of the molecule is CC(C)CB1O[C@@H]2C[C@@H]3C[C@@H](C3(C)C)[C@]2(C)O1.CC(C)OB(OC(C)C)OC(C)C.CC(C)OB1O[C@@H]2C[C@@H]3C[C@@H](C3(C)C)[C@]2(C)O1.CC1(C)[C@@H]2C[C@@H](O)[C@@](C)(O)[C@H]1C2.F.[B]. The molecule has 2 saturated heterocycles. The molecule has 2 aliphatic heterocycles. The normalized spacial score (nSPS) is 39.7. The highest BCUT2D eigenvalue weighted by Crippen LogP contribution is 2.67. The van der Waals surface area contributed by atoms with Gasteiger partial charge in [0.05, 0.1) is 35.1 Å². The lowest BCUT2D eigenvalue weighted by Gasteiger charge is -2.64. The van der Waals surface area contributed by atoms with Crippen molar-refractivity contribution >= 4 is 30.2 Å². The van der Waals surface area contributed by atoms with Gasteiger partial charge in [0.1, 0.15) is 0 Å². The minimum atomic E-state index is -0.849. The van der Waals surface area contributed by atoms with Crippen LogP contribution in [0.3, 0.4) is 0 Å². The van der Waals surface area contributed by atoms with E-state index in [1.807, 2.05) is 55.4 Å². The smallest absolute Gasteiger partial charge is 0.405 e. The third-order valence-electron chi connectivity index (χ3n) is 16.5. The van der Waals surface area contributed by atoms with Crippen LogP contribution in [0, 0.1) is 57.7 Å². The molecule has 11 fully saturated rings. The zero-order valence-electron chi connectivity index (χ0n) is 41.9. The van der Waals surface area contributed by atoms with Crippen LogP contribution >= 0.6 is 0 Å². The van der Waals surface area contributed by atoms with Crippen molar-refractivity contribution in [3.8, 4) is 0 Å². The Kier molecular flexibility index (Phi) is 18.0. The van der Waals surface area contributed by atoms with E-state index >= 15 is 0 Å². The zero-order chi connectivity index (χ0) is 44.4. The predicted octanol–water partition coefficient (Wildman–Crippen LogP) is 9.19. The van der Waals surface area contributed by atoms with Crippen LogP contribution in [0.15, 0.2) is 0 Å². The summed E-state index contributed by atoms with van der Waals surface area (Å²) >= 11 is 0. The number of hydrogen-bond acceptors (Lipinski definition) is 10. The summed E-state index contributed by atoms with van der Waals surface area (Å²) in [4.78, 5) is 0. The molecule has 61 heavy (non-hydrogen) atoms. The van der Waals surface area contributed by atoms with Gasteiger partial charge in [-0.1, -0.05) is 55.4 Å². The maximum Gasteiger partial charge on any atom is 0.640 e. The fourth-order valence-corrected chi connectivity index (χ4v) is 12.5. The minimum Gasteiger partial charge on any atom is -0.405 e. The van der Waals surface area contributed by atoms with E-state index in [2.05, 4.69) is 69.2 Å². The summed E-state index contributed by atoms with van der Waals surface area (Å²) in [7, 11) is -0.958. The van der Waals surface area contributed by atoms with Gasteiger partial charge in [-0.3, -0.25) is 4.70 Å². The van der Waals surface area contributed by atoms with Crippen LogP contribution in [0.2, 0.25) is 6.32 Å².